The lowest BCUT2D eigenvalue weighted by molar-refractivity contribution is 0.261. The highest BCUT2D eigenvalue weighted by Gasteiger charge is 2.23. The van der Waals surface area contributed by atoms with Crippen LogP contribution in [0.4, 0.5) is 5.69 Å². The highest BCUT2D eigenvalue weighted by atomic mass is 16.5. The van der Waals surface area contributed by atoms with E-state index in [4.69, 9.17) is 10.5 Å². The summed E-state index contributed by atoms with van der Waals surface area (Å²) in [5, 5.41) is 0. The Morgan fingerprint density at radius 1 is 1.53 bits per heavy atom. The molecule has 3 heteroatoms. The maximum Gasteiger partial charge on any atom is 0.142 e. The van der Waals surface area contributed by atoms with Crippen molar-refractivity contribution in [1.29, 1.82) is 0 Å². The van der Waals surface area contributed by atoms with Crippen molar-refractivity contribution in [3.63, 3.8) is 0 Å². The van der Waals surface area contributed by atoms with Crippen LogP contribution >= 0.6 is 0 Å². The molecule has 0 aliphatic carbocycles. The molecule has 1 aromatic rings. The monoisotopic (exact) mass is 206 g/mol. The minimum Gasteiger partial charge on any atom is -0.489 e. The topological polar surface area (TPSA) is 38.5 Å². The molecule has 1 atom stereocenters. The fourth-order valence-electron chi connectivity index (χ4n) is 1.99. The fraction of sp³-hybridized carbons (Fsp3) is 0.500. The molecule has 3 nitrogen and oxygen atoms in total. The van der Waals surface area contributed by atoms with Crippen molar-refractivity contribution in [2.24, 2.45) is 5.73 Å². The molecule has 82 valence electrons. The number of fused-ring (bicyclic) bond motifs is 1. The van der Waals surface area contributed by atoms with E-state index in [2.05, 4.69) is 31.0 Å². The van der Waals surface area contributed by atoms with Gasteiger partial charge in [0.05, 0.1) is 11.7 Å². The molecule has 0 saturated carbocycles. The highest BCUT2D eigenvalue weighted by Crippen LogP contribution is 2.34. The molecule has 0 radical (unpaired) electrons. The standard InChI is InChI=1S/C12H18N2O/c1-9-3-4-12-11(7-9)14(2)10(5-6-13)8-15-12/h3-4,7,10H,5-6,8,13H2,1-2H3. The summed E-state index contributed by atoms with van der Waals surface area (Å²) >= 11 is 0. The number of aryl methyl sites for hydroxylation is 1. The zero-order valence-electron chi connectivity index (χ0n) is 9.36. The second kappa shape index (κ2) is 4.11. The molecule has 0 spiro atoms. The normalized spacial score (nSPS) is 19.7. The minimum atomic E-state index is 0.407. The Morgan fingerprint density at radius 2 is 2.33 bits per heavy atom. The molecule has 0 bridgehead atoms. The van der Waals surface area contributed by atoms with E-state index in [9.17, 15) is 0 Å². The first kappa shape index (κ1) is 10.3. The first-order chi connectivity index (χ1) is 7.22. The van der Waals surface area contributed by atoms with Gasteiger partial charge < -0.3 is 15.4 Å². The lowest BCUT2D eigenvalue weighted by atomic mass is 10.1. The largest absolute Gasteiger partial charge is 0.489 e. The first-order valence-corrected chi connectivity index (χ1v) is 5.38. The Kier molecular flexibility index (Phi) is 2.82. The van der Waals surface area contributed by atoms with Gasteiger partial charge >= 0.3 is 0 Å². The van der Waals surface area contributed by atoms with E-state index in [1.807, 2.05) is 6.07 Å². The second-order valence-electron chi connectivity index (χ2n) is 4.12. The van der Waals surface area contributed by atoms with Gasteiger partial charge in [-0.05, 0) is 37.6 Å². The van der Waals surface area contributed by atoms with Crippen molar-refractivity contribution in [2.75, 3.05) is 25.1 Å². The lowest BCUT2D eigenvalue weighted by Crippen LogP contribution is -2.41. The zero-order valence-corrected chi connectivity index (χ0v) is 9.36. The van der Waals surface area contributed by atoms with E-state index in [-0.39, 0.29) is 0 Å². The van der Waals surface area contributed by atoms with Crippen LogP contribution in [0.15, 0.2) is 18.2 Å². The van der Waals surface area contributed by atoms with Gasteiger partial charge in [0.25, 0.3) is 0 Å². The summed E-state index contributed by atoms with van der Waals surface area (Å²) in [6.45, 7) is 3.55. The van der Waals surface area contributed by atoms with E-state index in [0.29, 0.717) is 12.6 Å². The summed E-state index contributed by atoms with van der Waals surface area (Å²) in [7, 11) is 2.11. The number of nitrogens with two attached hydrogens (primary N) is 1. The van der Waals surface area contributed by atoms with Gasteiger partial charge in [0.15, 0.2) is 0 Å². The van der Waals surface area contributed by atoms with Gasteiger partial charge in [-0.3, -0.25) is 0 Å². The Balaban J connectivity index is 2.28. The SMILES string of the molecule is Cc1ccc2c(c1)N(C)C(CCN)CO2. The minimum absolute atomic E-state index is 0.407. The molecule has 0 aromatic heterocycles. The van der Waals surface area contributed by atoms with Gasteiger partial charge in [0, 0.05) is 7.05 Å². The van der Waals surface area contributed by atoms with Crippen molar-refractivity contribution in [2.45, 2.75) is 19.4 Å². The molecule has 1 aliphatic heterocycles. The summed E-state index contributed by atoms with van der Waals surface area (Å²) in [5.74, 6) is 0.983. The molecular formula is C12H18N2O. The van der Waals surface area contributed by atoms with Crippen LogP contribution in [0.3, 0.4) is 0 Å². The number of ether oxygens (including phenoxy) is 1. The smallest absolute Gasteiger partial charge is 0.142 e. The van der Waals surface area contributed by atoms with Crippen molar-refractivity contribution >= 4 is 5.69 Å². The van der Waals surface area contributed by atoms with Gasteiger partial charge in [-0.1, -0.05) is 6.07 Å². The number of rotatable bonds is 2. The average Bonchev–Trinajstić information content (AvgIpc) is 2.23. The Hall–Kier alpha value is -1.22. The van der Waals surface area contributed by atoms with E-state index in [0.717, 1.165) is 18.8 Å². The van der Waals surface area contributed by atoms with Gasteiger partial charge in [0.1, 0.15) is 12.4 Å². The van der Waals surface area contributed by atoms with Crippen LogP contribution in [-0.4, -0.2) is 26.2 Å². The molecule has 1 heterocycles. The van der Waals surface area contributed by atoms with Crippen LogP contribution in [0.5, 0.6) is 5.75 Å². The molecule has 0 saturated heterocycles. The lowest BCUT2D eigenvalue weighted by Gasteiger charge is -2.35. The van der Waals surface area contributed by atoms with Crippen LogP contribution in [0.25, 0.3) is 0 Å². The van der Waals surface area contributed by atoms with Crippen molar-refractivity contribution in [1.82, 2.24) is 0 Å². The molecule has 2 N–H and O–H groups in total. The van der Waals surface area contributed by atoms with E-state index in [1.165, 1.54) is 11.3 Å². The van der Waals surface area contributed by atoms with Crippen LogP contribution in [0, 0.1) is 6.92 Å². The van der Waals surface area contributed by atoms with E-state index < -0.39 is 0 Å². The molecule has 0 fully saturated rings. The van der Waals surface area contributed by atoms with Crippen molar-refractivity contribution < 1.29 is 4.74 Å². The van der Waals surface area contributed by atoms with Crippen molar-refractivity contribution in [3.8, 4) is 5.75 Å². The maximum atomic E-state index is 5.72. The van der Waals surface area contributed by atoms with Crippen LogP contribution in [0.2, 0.25) is 0 Å². The van der Waals surface area contributed by atoms with E-state index >= 15 is 0 Å². The number of hydrogen-bond donors (Lipinski definition) is 1. The van der Waals surface area contributed by atoms with Gasteiger partial charge in [-0.2, -0.15) is 0 Å². The number of likely N-dealkylation sites (N-methyl/N-ethyl adjacent to an activating group) is 1. The highest BCUT2D eigenvalue weighted by molar-refractivity contribution is 5.61. The molecule has 1 aromatic carbocycles. The Bertz CT molecular complexity index is 351. The maximum absolute atomic E-state index is 5.72. The average molecular weight is 206 g/mol. The Labute approximate surface area is 90.8 Å². The number of anilines is 1. The van der Waals surface area contributed by atoms with Crippen molar-refractivity contribution in [3.05, 3.63) is 23.8 Å². The predicted octanol–water partition coefficient (Wildman–Crippen LogP) is 1.54. The number of benzene rings is 1. The first-order valence-electron chi connectivity index (χ1n) is 5.38. The van der Waals surface area contributed by atoms with Crippen LogP contribution in [0.1, 0.15) is 12.0 Å². The second-order valence-corrected chi connectivity index (χ2v) is 4.12. The molecule has 2 rings (SSSR count). The summed E-state index contributed by atoms with van der Waals surface area (Å²) in [6, 6.07) is 6.69. The quantitative estimate of drug-likeness (QED) is 0.797. The van der Waals surface area contributed by atoms with Gasteiger partial charge in [0.2, 0.25) is 0 Å². The van der Waals surface area contributed by atoms with E-state index in [1.54, 1.807) is 0 Å². The molecular weight excluding hydrogens is 188 g/mol. The summed E-state index contributed by atoms with van der Waals surface area (Å²) in [6.07, 6.45) is 0.976. The fourth-order valence-corrected chi connectivity index (χ4v) is 1.99. The third-order valence-corrected chi connectivity index (χ3v) is 2.97. The zero-order chi connectivity index (χ0) is 10.8. The Morgan fingerprint density at radius 3 is 3.07 bits per heavy atom. The molecule has 0 amide bonds. The number of hydrogen-bond acceptors (Lipinski definition) is 3. The molecule has 1 aliphatic rings. The van der Waals surface area contributed by atoms with Gasteiger partial charge in [-0.15, -0.1) is 0 Å². The summed E-state index contributed by atoms with van der Waals surface area (Å²) < 4.78 is 5.72. The predicted molar refractivity (Wildman–Crippen MR) is 62.5 cm³/mol. The summed E-state index contributed by atoms with van der Waals surface area (Å²) in [4.78, 5) is 2.28. The molecule has 15 heavy (non-hydrogen) atoms. The van der Waals surface area contributed by atoms with Gasteiger partial charge in [-0.25, -0.2) is 0 Å². The third-order valence-electron chi connectivity index (χ3n) is 2.97. The summed E-state index contributed by atoms with van der Waals surface area (Å²) in [5.41, 5.74) is 8.03. The number of nitrogens with zero attached hydrogens (tertiary/aromatic N) is 1. The molecule has 1 unspecified atom stereocenters. The third kappa shape index (κ3) is 1.92. The van der Waals surface area contributed by atoms with Crippen LogP contribution in [-0.2, 0) is 0 Å². The van der Waals surface area contributed by atoms with Crippen LogP contribution < -0.4 is 15.4 Å².